The summed E-state index contributed by atoms with van der Waals surface area (Å²) >= 11 is 0. The van der Waals surface area contributed by atoms with Gasteiger partial charge in [-0.25, -0.2) is 0 Å². The molecule has 1 aromatic heterocycles. The van der Waals surface area contributed by atoms with Crippen molar-refractivity contribution in [3.05, 3.63) is 36.0 Å². The van der Waals surface area contributed by atoms with E-state index in [0.29, 0.717) is 17.6 Å². The third-order valence-corrected chi connectivity index (χ3v) is 6.68. The first-order valence-electron chi connectivity index (χ1n) is 10.6. The number of ether oxygens (including phenoxy) is 1. The van der Waals surface area contributed by atoms with Gasteiger partial charge in [0, 0.05) is 62.1 Å². The van der Waals surface area contributed by atoms with Crippen molar-refractivity contribution in [3.8, 4) is 6.07 Å². The van der Waals surface area contributed by atoms with Crippen molar-refractivity contribution in [1.29, 1.82) is 5.26 Å². The van der Waals surface area contributed by atoms with Gasteiger partial charge in [-0.1, -0.05) is 0 Å². The van der Waals surface area contributed by atoms with Crippen LogP contribution < -0.4 is 4.90 Å². The zero-order valence-corrected chi connectivity index (χ0v) is 17.9. The number of likely N-dealkylation sites (N-methyl/N-ethyl adjacent to an activating group) is 1. The number of piperazine rings is 1. The van der Waals surface area contributed by atoms with Gasteiger partial charge in [-0.2, -0.15) is 5.26 Å². The van der Waals surface area contributed by atoms with Gasteiger partial charge in [0.2, 0.25) is 0 Å². The van der Waals surface area contributed by atoms with Crippen molar-refractivity contribution in [3.63, 3.8) is 0 Å². The Balaban J connectivity index is 1.56. The SMILES string of the molecule is CC1C(C)N(C[C@H]2CN(c3ccc(C#N)c4ncccc34)C[C@@H](C)O2)CCN1C. The van der Waals surface area contributed by atoms with Crippen molar-refractivity contribution >= 4 is 16.6 Å². The zero-order valence-electron chi connectivity index (χ0n) is 17.9. The van der Waals surface area contributed by atoms with E-state index in [1.807, 2.05) is 12.1 Å². The number of anilines is 1. The predicted octanol–water partition coefficient (Wildman–Crippen LogP) is 2.72. The molecule has 1 aromatic carbocycles. The lowest BCUT2D eigenvalue weighted by Gasteiger charge is -2.46. The number of hydrogen-bond acceptors (Lipinski definition) is 6. The Hall–Kier alpha value is -2.20. The molecule has 2 fully saturated rings. The van der Waals surface area contributed by atoms with E-state index in [0.717, 1.165) is 49.3 Å². The van der Waals surface area contributed by atoms with Gasteiger partial charge < -0.3 is 14.5 Å². The first kappa shape index (κ1) is 20.1. The molecule has 154 valence electrons. The number of rotatable bonds is 3. The van der Waals surface area contributed by atoms with Gasteiger partial charge >= 0.3 is 0 Å². The number of fused-ring (bicyclic) bond motifs is 1. The lowest BCUT2D eigenvalue weighted by atomic mass is 10.0. The molecular weight excluding hydrogens is 362 g/mol. The molecule has 2 saturated heterocycles. The van der Waals surface area contributed by atoms with Gasteiger partial charge in [-0.3, -0.25) is 9.88 Å². The first-order valence-corrected chi connectivity index (χ1v) is 10.6. The summed E-state index contributed by atoms with van der Waals surface area (Å²) in [5.41, 5.74) is 2.55. The fraction of sp³-hybridized carbons (Fsp3) is 0.565. The Kier molecular flexibility index (Phi) is 5.73. The fourth-order valence-corrected chi connectivity index (χ4v) is 4.75. The fourth-order valence-electron chi connectivity index (χ4n) is 4.75. The van der Waals surface area contributed by atoms with Crippen LogP contribution in [0.3, 0.4) is 0 Å². The topological polar surface area (TPSA) is 55.6 Å². The second-order valence-corrected chi connectivity index (χ2v) is 8.57. The van der Waals surface area contributed by atoms with E-state index in [1.165, 1.54) is 0 Å². The van der Waals surface area contributed by atoms with E-state index >= 15 is 0 Å². The highest BCUT2D eigenvalue weighted by molar-refractivity contribution is 5.95. The van der Waals surface area contributed by atoms with Crippen LogP contribution in [0.5, 0.6) is 0 Å². The maximum Gasteiger partial charge on any atom is 0.101 e. The maximum absolute atomic E-state index is 9.44. The number of benzene rings is 1. The molecule has 2 unspecified atom stereocenters. The molecule has 3 heterocycles. The molecule has 0 spiro atoms. The molecule has 2 aromatic rings. The predicted molar refractivity (Wildman–Crippen MR) is 116 cm³/mol. The van der Waals surface area contributed by atoms with Gasteiger partial charge in [0.15, 0.2) is 0 Å². The Morgan fingerprint density at radius 3 is 2.76 bits per heavy atom. The third kappa shape index (κ3) is 3.95. The van der Waals surface area contributed by atoms with E-state index in [4.69, 9.17) is 4.74 Å². The van der Waals surface area contributed by atoms with E-state index in [2.05, 4.69) is 65.7 Å². The highest BCUT2D eigenvalue weighted by atomic mass is 16.5. The Bertz CT molecular complexity index is 910. The highest BCUT2D eigenvalue weighted by Crippen LogP contribution is 2.30. The molecule has 0 bridgehead atoms. The van der Waals surface area contributed by atoms with E-state index in [1.54, 1.807) is 6.20 Å². The Labute approximate surface area is 173 Å². The average Bonchev–Trinajstić information content (AvgIpc) is 2.73. The summed E-state index contributed by atoms with van der Waals surface area (Å²) in [5.74, 6) is 0. The second-order valence-electron chi connectivity index (χ2n) is 8.57. The van der Waals surface area contributed by atoms with Crippen LogP contribution in [-0.4, -0.2) is 78.8 Å². The largest absolute Gasteiger partial charge is 0.370 e. The molecule has 6 nitrogen and oxygen atoms in total. The highest BCUT2D eigenvalue weighted by Gasteiger charge is 2.33. The second kappa shape index (κ2) is 8.27. The molecule has 0 N–H and O–H groups in total. The number of morpholine rings is 1. The zero-order chi connectivity index (χ0) is 20.5. The van der Waals surface area contributed by atoms with Crippen LogP contribution in [0.1, 0.15) is 26.3 Å². The van der Waals surface area contributed by atoms with Crippen LogP contribution in [0.15, 0.2) is 30.5 Å². The van der Waals surface area contributed by atoms with Crippen molar-refractivity contribution in [2.45, 2.75) is 45.1 Å². The molecule has 0 amide bonds. The summed E-state index contributed by atoms with van der Waals surface area (Å²) < 4.78 is 6.34. The minimum Gasteiger partial charge on any atom is -0.370 e. The molecule has 0 saturated carbocycles. The monoisotopic (exact) mass is 393 g/mol. The van der Waals surface area contributed by atoms with Crippen molar-refractivity contribution in [2.24, 2.45) is 0 Å². The van der Waals surface area contributed by atoms with Crippen molar-refractivity contribution < 1.29 is 4.74 Å². The molecule has 2 aliphatic heterocycles. The average molecular weight is 394 g/mol. The van der Waals surface area contributed by atoms with E-state index in [9.17, 15) is 5.26 Å². The van der Waals surface area contributed by atoms with Crippen molar-refractivity contribution in [2.75, 3.05) is 44.7 Å². The van der Waals surface area contributed by atoms with Crippen LogP contribution in [-0.2, 0) is 4.74 Å². The van der Waals surface area contributed by atoms with Crippen LogP contribution in [0.2, 0.25) is 0 Å². The summed E-state index contributed by atoms with van der Waals surface area (Å²) in [7, 11) is 2.21. The van der Waals surface area contributed by atoms with Crippen LogP contribution in [0.25, 0.3) is 10.9 Å². The number of pyridine rings is 1. The van der Waals surface area contributed by atoms with E-state index < -0.39 is 0 Å². The minimum atomic E-state index is 0.163. The van der Waals surface area contributed by atoms with Crippen LogP contribution in [0, 0.1) is 11.3 Å². The minimum absolute atomic E-state index is 0.163. The molecule has 0 radical (unpaired) electrons. The van der Waals surface area contributed by atoms with Gasteiger partial charge in [-0.05, 0) is 52.1 Å². The smallest absolute Gasteiger partial charge is 0.101 e. The maximum atomic E-state index is 9.44. The normalized spacial score (nSPS) is 29.1. The first-order chi connectivity index (χ1) is 14.0. The summed E-state index contributed by atoms with van der Waals surface area (Å²) in [4.78, 5) is 11.9. The lowest BCUT2D eigenvalue weighted by Crippen LogP contribution is -2.59. The third-order valence-electron chi connectivity index (χ3n) is 6.68. The number of hydrogen-bond donors (Lipinski definition) is 0. The summed E-state index contributed by atoms with van der Waals surface area (Å²) in [6, 6.07) is 11.3. The lowest BCUT2D eigenvalue weighted by molar-refractivity contribution is -0.0519. The molecule has 4 atom stereocenters. The van der Waals surface area contributed by atoms with Crippen molar-refractivity contribution in [1.82, 2.24) is 14.8 Å². The van der Waals surface area contributed by atoms with Gasteiger partial charge in [-0.15, -0.1) is 0 Å². The summed E-state index contributed by atoms with van der Waals surface area (Å²) in [6.45, 7) is 11.6. The molecule has 6 heteroatoms. The molecule has 0 aliphatic carbocycles. The standard InChI is InChI=1S/C23H31N5O/c1-16-13-28(22-8-7-19(12-24)23-21(22)6-5-9-25-23)15-20(29-16)14-27-11-10-26(4)17(2)18(27)3/h5-9,16-18,20H,10-11,13-15H2,1-4H3/t16-,17?,18?,20+/m1/s1. The van der Waals surface area contributed by atoms with Crippen LogP contribution >= 0.6 is 0 Å². The van der Waals surface area contributed by atoms with Gasteiger partial charge in [0.25, 0.3) is 0 Å². The van der Waals surface area contributed by atoms with Crippen LogP contribution in [0.4, 0.5) is 5.69 Å². The number of nitriles is 1. The summed E-state index contributed by atoms with van der Waals surface area (Å²) in [6.07, 6.45) is 2.09. The molecule has 2 aliphatic rings. The molecular formula is C23H31N5O. The Morgan fingerprint density at radius 1 is 1.14 bits per heavy atom. The number of aromatic nitrogens is 1. The van der Waals surface area contributed by atoms with Gasteiger partial charge in [0.1, 0.15) is 6.07 Å². The number of nitrogens with zero attached hydrogens (tertiary/aromatic N) is 5. The summed E-state index contributed by atoms with van der Waals surface area (Å²) in [5, 5.41) is 10.5. The Morgan fingerprint density at radius 2 is 1.97 bits per heavy atom. The van der Waals surface area contributed by atoms with Gasteiger partial charge in [0.05, 0.1) is 23.3 Å². The quantitative estimate of drug-likeness (QED) is 0.799. The molecule has 29 heavy (non-hydrogen) atoms. The van der Waals surface area contributed by atoms with E-state index in [-0.39, 0.29) is 12.2 Å². The molecule has 4 rings (SSSR count).